The van der Waals surface area contributed by atoms with Gasteiger partial charge in [0.05, 0.1) is 0 Å². The summed E-state index contributed by atoms with van der Waals surface area (Å²) >= 11 is 0. The smallest absolute Gasteiger partial charge is 0.251 e. The Kier molecular flexibility index (Phi) is 6.03. The van der Waals surface area contributed by atoms with Crippen LogP contribution in [0.2, 0.25) is 0 Å². The predicted molar refractivity (Wildman–Crippen MR) is 133 cm³/mol. The number of carbonyl (C=O) groups is 1. The van der Waals surface area contributed by atoms with Crippen LogP contribution in [0.4, 0.5) is 5.69 Å². The Morgan fingerprint density at radius 2 is 1.79 bits per heavy atom. The van der Waals surface area contributed by atoms with Gasteiger partial charge >= 0.3 is 0 Å². The molecule has 1 unspecified atom stereocenters. The summed E-state index contributed by atoms with van der Waals surface area (Å²) in [4.78, 5) is 14.9. The van der Waals surface area contributed by atoms with E-state index in [1.807, 2.05) is 48.5 Å². The van der Waals surface area contributed by atoms with Gasteiger partial charge in [-0.05, 0) is 79.1 Å². The number of nitrogens with zero attached hydrogens (tertiary/aromatic N) is 1. The Morgan fingerprint density at radius 1 is 1.03 bits per heavy atom. The molecule has 1 amide bonds. The number of hydrogen-bond acceptors (Lipinski definition) is 4. The standard InChI is InChI=1S/C28H29N3O2/c1-2-14-31-15-6-7-21(19-31)30-22-16-25(27-18-29-28(32)26(27)17-22)20-10-12-24(13-11-20)33-23-8-4-3-5-9-23/h2-5,8-14,16-17,21,30H,6-7,15,18-19H2,1H3,(H,29,32). The van der Waals surface area contributed by atoms with Crippen LogP contribution >= 0.6 is 0 Å². The summed E-state index contributed by atoms with van der Waals surface area (Å²) in [6, 6.07) is 22.4. The molecule has 33 heavy (non-hydrogen) atoms. The Labute approximate surface area is 195 Å². The van der Waals surface area contributed by atoms with Crippen LogP contribution in [0.1, 0.15) is 35.7 Å². The van der Waals surface area contributed by atoms with Crippen molar-refractivity contribution >= 4 is 11.6 Å². The van der Waals surface area contributed by atoms with Gasteiger partial charge in [0.15, 0.2) is 0 Å². The molecule has 1 atom stereocenters. The third kappa shape index (κ3) is 4.72. The van der Waals surface area contributed by atoms with Crippen LogP contribution in [-0.2, 0) is 6.54 Å². The monoisotopic (exact) mass is 439 g/mol. The molecule has 168 valence electrons. The fourth-order valence-corrected chi connectivity index (χ4v) is 4.70. The first kappa shape index (κ1) is 21.1. The van der Waals surface area contributed by atoms with Crippen molar-refractivity contribution in [1.29, 1.82) is 0 Å². The zero-order chi connectivity index (χ0) is 22.6. The van der Waals surface area contributed by atoms with Gasteiger partial charge in [0.2, 0.25) is 0 Å². The zero-order valence-corrected chi connectivity index (χ0v) is 18.9. The molecule has 2 aliphatic heterocycles. The maximum Gasteiger partial charge on any atom is 0.251 e. The largest absolute Gasteiger partial charge is 0.457 e. The molecule has 2 N–H and O–H groups in total. The number of nitrogens with one attached hydrogen (secondary N) is 2. The Bertz CT molecular complexity index is 1160. The van der Waals surface area contributed by atoms with Gasteiger partial charge < -0.3 is 20.3 Å². The first-order chi connectivity index (χ1) is 16.2. The lowest BCUT2D eigenvalue weighted by Crippen LogP contribution is -2.39. The van der Waals surface area contributed by atoms with Gasteiger partial charge in [-0.3, -0.25) is 4.79 Å². The van der Waals surface area contributed by atoms with Crippen LogP contribution in [-0.4, -0.2) is 29.9 Å². The van der Waals surface area contributed by atoms with Crippen LogP contribution in [0.5, 0.6) is 11.5 Å². The molecule has 0 spiro atoms. The summed E-state index contributed by atoms with van der Waals surface area (Å²) in [5, 5.41) is 6.68. The molecule has 0 aromatic heterocycles. The number of rotatable bonds is 6. The second-order valence-corrected chi connectivity index (χ2v) is 8.63. The molecule has 0 aliphatic carbocycles. The minimum Gasteiger partial charge on any atom is -0.457 e. The lowest BCUT2D eigenvalue weighted by Gasteiger charge is -2.33. The quantitative estimate of drug-likeness (QED) is 0.510. The van der Waals surface area contributed by atoms with E-state index in [1.165, 1.54) is 0 Å². The molecule has 5 nitrogen and oxygen atoms in total. The second-order valence-electron chi connectivity index (χ2n) is 8.63. The molecule has 0 saturated carbocycles. The molecule has 1 fully saturated rings. The number of benzene rings is 3. The third-order valence-electron chi connectivity index (χ3n) is 6.25. The van der Waals surface area contributed by atoms with Crippen molar-refractivity contribution in [3.8, 4) is 22.6 Å². The molecule has 3 aromatic rings. The fraction of sp³-hybridized carbons (Fsp3) is 0.250. The molecule has 5 heteroatoms. The van der Waals surface area contributed by atoms with Crippen molar-refractivity contribution in [2.75, 3.05) is 18.4 Å². The van der Waals surface area contributed by atoms with E-state index in [9.17, 15) is 4.79 Å². The highest BCUT2D eigenvalue weighted by molar-refractivity contribution is 6.01. The third-order valence-corrected chi connectivity index (χ3v) is 6.25. The number of amides is 1. The highest BCUT2D eigenvalue weighted by Crippen LogP contribution is 2.34. The van der Waals surface area contributed by atoms with Crippen molar-refractivity contribution in [3.05, 3.63) is 90.1 Å². The van der Waals surface area contributed by atoms with Gasteiger partial charge in [-0.1, -0.05) is 36.4 Å². The predicted octanol–water partition coefficient (Wildman–Crippen LogP) is 5.80. The van der Waals surface area contributed by atoms with E-state index in [2.05, 4.69) is 52.9 Å². The molecular formula is C28H29N3O2. The van der Waals surface area contributed by atoms with Gasteiger partial charge in [0.25, 0.3) is 5.91 Å². The number of para-hydroxylation sites is 1. The van der Waals surface area contributed by atoms with Gasteiger partial charge in [-0.25, -0.2) is 0 Å². The van der Waals surface area contributed by atoms with Crippen molar-refractivity contribution < 1.29 is 9.53 Å². The highest BCUT2D eigenvalue weighted by atomic mass is 16.5. The van der Waals surface area contributed by atoms with Crippen LogP contribution in [0, 0.1) is 0 Å². The van der Waals surface area contributed by atoms with E-state index < -0.39 is 0 Å². The summed E-state index contributed by atoms with van der Waals surface area (Å²) < 4.78 is 5.94. The number of carbonyl (C=O) groups excluding carboxylic acids is 1. The molecule has 0 radical (unpaired) electrons. The number of fused-ring (bicyclic) bond motifs is 1. The number of anilines is 1. The van der Waals surface area contributed by atoms with Crippen LogP contribution < -0.4 is 15.4 Å². The minimum absolute atomic E-state index is 0.00174. The average molecular weight is 440 g/mol. The summed E-state index contributed by atoms with van der Waals surface area (Å²) in [6.45, 7) is 4.68. The Balaban J connectivity index is 1.41. The van der Waals surface area contributed by atoms with Crippen molar-refractivity contribution in [1.82, 2.24) is 10.2 Å². The lowest BCUT2D eigenvalue weighted by atomic mass is 9.95. The van der Waals surface area contributed by atoms with E-state index in [-0.39, 0.29) is 5.91 Å². The van der Waals surface area contributed by atoms with E-state index in [0.29, 0.717) is 12.6 Å². The number of likely N-dealkylation sites (tertiary alicyclic amines) is 1. The topological polar surface area (TPSA) is 53.6 Å². The van der Waals surface area contributed by atoms with Crippen LogP contribution in [0.25, 0.3) is 11.1 Å². The molecule has 1 saturated heterocycles. The van der Waals surface area contributed by atoms with Crippen molar-refractivity contribution in [3.63, 3.8) is 0 Å². The normalized spacial score (nSPS) is 17.7. The fourth-order valence-electron chi connectivity index (χ4n) is 4.70. The van der Waals surface area contributed by atoms with E-state index >= 15 is 0 Å². The zero-order valence-electron chi connectivity index (χ0n) is 18.9. The van der Waals surface area contributed by atoms with Crippen LogP contribution in [0.3, 0.4) is 0 Å². The summed E-state index contributed by atoms with van der Waals surface area (Å²) in [7, 11) is 0. The molecule has 2 heterocycles. The molecule has 2 aliphatic rings. The van der Waals surface area contributed by atoms with Gasteiger partial charge in [0, 0.05) is 36.9 Å². The summed E-state index contributed by atoms with van der Waals surface area (Å²) in [6.07, 6.45) is 6.53. The Morgan fingerprint density at radius 3 is 2.58 bits per heavy atom. The van der Waals surface area contributed by atoms with E-state index in [0.717, 1.165) is 65.4 Å². The van der Waals surface area contributed by atoms with Crippen molar-refractivity contribution in [2.45, 2.75) is 32.4 Å². The van der Waals surface area contributed by atoms with Gasteiger partial charge in [-0.15, -0.1) is 0 Å². The number of piperidine rings is 1. The maximum absolute atomic E-state index is 12.5. The van der Waals surface area contributed by atoms with Gasteiger partial charge in [0.1, 0.15) is 11.5 Å². The van der Waals surface area contributed by atoms with Crippen LogP contribution in [0.15, 0.2) is 79.0 Å². The average Bonchev–Trinajstić information content (AvgIpc) is 3.21. The number of hydrogen-bond donors (Lipinski definition) is 2. The second kappa shape index (κ2) is 9.41. The maximum atomic E-state index is 12.5. The highest BCUT2D eigenvalue weighted by Gasteiger charge is 2.25. The van der Waals surface area contributed by atoms with Crippen molar-refractivity contribution in [2.24, 2.45) is 0 Å². The molecular weight excluding hydrogens is 410 g/mol. The lowest BCUT2D eigenvalue weighted by molar-refractivity contribution is 0.0966. The first-order valence-corrected chi connectivity index (χ1v) is 11.6. The molecule has 5 rings (SSSR count). The SMILES string of the molecule is CC=CN1CCCC(Nc2cc3c(c(-c4ccc(Oc5ccccc5)cc4)c2)CNC3=O)C1. The number of allylic oxidation sites excluding steroid dienone is 1. The number of ether oxygens (including phenoxy) is 1. The van der Waals surface area contributed by atoms with E-state index in [4.69, 9.17) is 4.74 Å². The van der Waals surface area contributed by atoms with E-state index in [1.54, 1.807) is 0 Å². The summed E-state index contributed by atoms with van der Waals surface area (Å²) in [5.41, 5.74) is 4.98. The minimum atomic E-state index is -0.00174. The van der Waals surface area contributed by atoms with Gasteiger partial charge in [-0.2, -0.15) is 0 Å². The molecule has 0 bridgehead atoms. The Hall–Kier alpha value is -3.73. The molecule has 3 aromatic carbocycles. The first-order valence-electron chi connectivity index (χ1n) is 11.6. The summed E-state index contributed by atoms with van der Waals surface area (Å²) in [5.74, 6) is 1.60.